The summed E-state index contributed by atoms with van der Waals surface area (Å²) < 4.78 is 5.95. The second kappa shape index (κ2) is 5.05. The second-order valence-corrected chi connectivity index (χ2v) is 5.05. The van der Waals surface area contributed by atoms with Crippen LogP contribution in [0.15, 0.2) is 30.5 Å². The Labute approximate surface area is 115 Å². The molecule has 2 atom stereocenters. The first kappa shape index (κ1) is 12.8. The number of nitrogens with zero attached hydrogens (tertiary/aromatic N) is 2. The minimum Gasteiger partial charge on any atom is -0.490 e. The molecule has 2 aromatic rings. The van der Waals surface area contributed by atoms with Crippen LogP contribution < -0.4 is 10.5 Å². The number of ether oxygens (including phenoxy) is 1. The molecule has 20 heavy (non-hydrogen) atoms. The van der Waals surface area contributed by atoms with Crippen molar-refractivity contribution in [2.24, 2.45) is 5.73 Å². The number of fused-ring (bicyclic) bond motifs is 1. The first-order valence-corrected chi connectivity index (χ1v) is 6.59. The third-order valence-electron chi connectivity index (χ3n) is 3.62. The molecule has 3 rings (SSSR count). The predicted octanol–water partition coefficient (Wildman–Crippen LogP) is 2.40. The van der Waals surface area contributed by atoms with Crippen molar-refractivity contribution in [2.75, 3.05) is 0 Å². The summed E-state index contributed by atoms with van der Waals surface area (Å²) in [5, 5.41) is 11.7. The molecule has 6 heteroatoms. The Hall–Kier alpha value is -2.21. The van der Waals surface area contributed by atoms with Gasteiger partial charge in [0.05, 0.1) is 4.92 Å². The maximum absolute atomic E-state index is 11.0. The molecule has 1 aromatic heterocycles. The Morgan fingerprint density at radius 3 is 2.90 bits per heavy atom. The number of hydrogen-bond donors (Lipinski definition) is 1. The molecule has 104 valence electrons. The zero-order chi connectivity index (χ0) is 14.1. The van der Waals surface area contributed by atoms with Crippen LogP contribution in [0.5, 0.6) is 5.75 Å². The molecule has 0 amide bonds. The van der Waals surface area contributed by atoms with E-state index in [1.54, 1.807) is 24.4 Å². The minimum atomic E-state index is -0.426. The molecule has 0 spiro atoms. The Kier molecular flexibility index (Phi) is 3.23. The van der Waals surface area contributed by atoms with E-state index in [4.69, 9.17) is 10.5 Å². The molecule has 2 N–H and O–H groups in total. The van der Waals surface area contributed by atoms with Crippen molar-refractivity contribution in [1.29, 1.82) is 0 Å². The Balaban J connectivity index is 2.00. The molecule has 2 unspecified atom stereocenters. The van der Waals surface area contributed by atoms with Crippen LogP contribution in [-0.2, 0) is 0 Å². The minimum absolute atomic E-state index is 0.00364. The fraction of sp³-hybridized carbons (Fsp3) is 0.357. The topological polar surface area (TPSA) is 91.3 Å². The normalized spacial score (nSPS) is 22.1. The molecular formula is C14H15N3O3. The number of nitrogens with two attached hydrogens (primary N) is 1. The monoisotopic (exact) mass is 273 g/mol. The number of aromatic nitrogens is 1. The largest absolute Gasteiger partial charge is 0.490 e. The van der Waals surface area contributed by atoms with Gasteiger partial charge < -0.3 is 10.5 Å². The lowest BCUT2D eigenvalue weighted by Crippen LogP contribution is -2.19. The van der Waals surface area contributed by atoms with Gasteiger partial charge in [-0.05, 0) is 37.5 Å². The summed E-state index contributed by atoms with van der Waals surface area (Å²) in [5.74, 6) is 0.637. The number of hydrogen-bond acceptors (Lipinski definition) is 5. The summed E-state index contributed by atoms with van der Waals surface area (Å²) in [4.78, 5) is 14.7. The molecule has 1 heterocycles. The molecule has 1 aliphatic rings. The van der Waals surface area contributed by atoms with Crippen molar-refractivity contribution in [3.05, 3.63) is 40.6 Å². The van der Waals surface area contributed by atoms with E-state index in [-0.39, 0.29) is 17.8 Å². The number of nitro benzene ring substituents is 1. The fourth-order valence-electron chi connectivity index (χ4n) is 2.64. The molecule has 0 aliphatic heterocycles. The van der Waals surface area contributed by atoms with Gasteiger partial charge in [0, 0.05) is 23.7 Å². The van der Waals surface area contributed by atoms with E-state index in [2.05, 4.69) is 4.98 Å². The molecule has 1 aliphatic carbocycles. The first-order valence-electron chi connectivity index (χ1n) is 6.59. The average molecular weight is 273 g/mol. The molecule has 1 fully saturated rings. The van der Waals surface area contributed by atoms with Crippen molar-refractivity contribution in [2.45, 2.75) is 31.4 Å². The van der Waals surface area contributed by atoms with Gasteiger partial charge in [-0.2, -0.15) is 0 Å². The maximum atomic E-state index is 11.0. The van der Waals surface area contributed by atoms with Gasteiger partial charge >= 0.3 is 0 Å². The highest BCUT2D eigenvalue weighted by atomic mass is 16.6. The third-order valence-corrected chi connectivity index (χ3v) is 3.62. The SMILES string of the molecule is NC1CCC(Oc2ccc([N+](=O)[O-])c3ncccc23)C1. The van der Waals surface area contributed by atoms with E-state index in [0.717, 1.165) is 19.3 Å². The van der Waals surface area contributed by atoms with Gasteiger partial charge in [0.25, 0.3) is 5.69 Å². The lowest BCUT2D eigenvalue weighted by Gasteiger charge is -2.15. The van der Waals surface area contributed by atoms with Crippen molar-refractivity contribution >= 4 is 16.6 Å². The van der Waals surface area contributed by atoms with Crippen molar-refractivity contribution in [3.8, 4) is 5.75 Å². The van der Waals surface area contributed by atoms with Crippen LogP contribution in [0.2, 0.25) is 0 Å². The lowest BCUT2D eigenvalue weighted by molar-refractivity contribution is -0.383. The van der Waals surface area contributed by atoms with Crippen LogP contribution >= 0.6 is 0 Å². The highest BCUT2D eigenvalue weighted by Crippen LogP contribution is 2.33. The van der Waals surface area contributed by atoms with Crippen LogP contribution in [0.3, 0.4) is 0 Å². The number of pyridine rings is 1. The summed E-state index contributed by atoms with van der Waals surface area (Å²) in [5.41, 5.74) is 6.23. The average Bonchev–Trinajstić information content (AvgIpc) is 2.84. The van der Waals surface area contributed by atoms with Gasteiger partial charge in [-0.15, -0.1) is 0 Å². The molecule has 6 nitrogen and oxygen atoms in total. The molecule has 0 bridgehead atoms. The van der Waals surface area contributed by atoms with E-state index in [1.165, 1.54) is 6.07 Å². The summed E-state index contributed by atoms with van der Waals surface area (Å²) >= 11 is 0. The molecule has 0 saturated heterocycles. The van der Waals surface area contributed by atoms with E-state index in [9.17, 15) is 10.1 Å². The van der Waals surface area contributed by atoms with Crippen molar-refractivity contribution in [1.82, 2.24) is 4.98 Å². The molecule has 1 aromatic carbocycles. The maximum Gasteiger partial charge on any atom is 0.295 e. The van der Waals surface area contributed by atoms with Crippen molar-refractivity contribution < 1.29 is 9.66 Å². The van der Waals surface area contributed by atoms with E-state index in [1.807, 2.05) is 0 Å². The molecule has 0 radical (unpaired) electrons. The first-order chi connectivity index (χ1) is 9.65. The van der Waals surface area contributed by atoms with Gasteiger partial charge in [-0.1, -0.05) is 0 Å². The standard InChI is InChI=1S/C14H15N3O3/c15-9-3-4-10(8-9)20-13-6-5-12(17(18)19)14-11(13)2-1-7-16-14/h1-2,5-7,9-10H,3-4,8,15H2. The summed E-state index contributed by atoms with van der Waals surface area (Å²) in [6, 6.07) is 6.81. The summed E-state index contributed by atoms with van der Waals surface area (Å²) in [6.07, 6.45) is 4.31. The van der Waals surface area contributed by atoms with Crippen LogP contribution in [0, 0.1) is 10.1 Å². The molecular weight excluding hydrogens is 258 g/mol. The summed E-state index contributed by atoms with van der Waals surface area (Å²) in [6.45, 7) is 0. The highest BCUT2D eigenvalue weighted by molar-refractivity contribution is 5.92. The number of benzene rings is 1. The quantitative estimate of drug-likeness (QED) is 0.684. The third kappa shape index (κ3) is 2.30. The highest BCUT2D eigenvalue weighted by Gasteiger charge is 2.24. The van der Waals surface area contributed by atoms with Gasteiger partial charge in [-0.25, -0.2) is 4.98 Å². The van der Waals surface area contributed by atoms with Crippen LogP contribution in [0.25, 0.3) is 10.9 Å². The molecule has 1 saturated carbocycles. The zero-order valence-corrected chi connectivity index (χ0v) is 10.9. The smallest absolute Gasteiger partial charge is 0.295 e. The van der Waals surface area contributed by atoms with E-state index >= 15 is 0 Å². The van der Waals surface area contributed by atoms with Gasteiger partial charge in [0.2, 0.25) is 0 Å². The van der Waals surface area contributed by atoms with Crippen molar-refractivity contribution in [3.63, 3.8) is 0 Å². The fourth-order valence-corrected chi connectivity index (χ4v) is 2.64. The van der Waals surface area contributed by atoms with Gasteiger partial charge in [0.15, 0.2) is 5.52 Å². The van der Waals surface area contributed by atoms with Crippen LogP contribution in [0.1, 0.15) is 19.3 Å². The summed E-state index contributed by atoms with van der Waals surface area (Å²) in [7, 11) is 0. The Bertz CT molecular complexity index is 659. The van der Waals surface area contributed by atoms with Crippen LogP contribution in [0.4, 0.5) is 5.69 Å². The predicted molar refractivity (Wildman–Crippen MR) is 74.6 cm³/mol. The zero-order valence-electron chi connectivity index (χ0n) is 10.9. The van der Waals surface area contributed by atoms with Gasteiger partial charge in [0.1, 0.15) is 11.9 Å². The Morgan fingerprint density at radius 1 is 1.35 bits per heavy atom. The van der Waals surface area contributed by atoms with Gasteiger partial charge in [-0.3, -0.25) is 10.1 Å². The Morgan fingerprint density at radius 2 is 2.20 bits per heavy atom. The second-order valence-electron chi connectivity index (χ2n) is 5.05. The number of non-ortho nitro benzene ring substituents is 1. The van der Waals surface area contributed by atoms with Crippen LogP contribution in [-0.4, -0.2) is 22.1 Å². The number of nitro groups is 1. The lowest BCUT2D eigenvalue weighted by atomic mass is 10.1. The van der Waals surface area contributed by atoms with E-state index in [0.29, 0.717) is 16.7 Å². The number of rotatable bonds is 3. The van der Waals surface area contributed by atoms with E-state index < -0.39 is 4.92 Å².